The standard InChI is InChI=1S/C56H41N3.C7H10.C2H6/c1-36-13-6-8-19-45(36)47-34-43(24-23-37(47)2)54-35-48(41-15-12-16-42(31-41)52-28-25-38-14-7-10-21-51(38)57-52)49-32-39(26-29-53(49)58-54)40-27-30-56-50(33-40)46-20-9-11-22-55(46)59(56)44-17-4-3-5-18-44;1-7-5-3-2-4-6-7;1-2/h3-35,52,57H,1-2H3;3,5-6H,2,4H2,1H3;1-2H3. The van der Waals surface area contributed by atoms with Crippen LogP contribution in [0.2, 0.25) is 0 Å². The van der Waals surface area contributed by atoms with Gasteiger partial charge in [0.1, 0.15) is 0 Å². The van der Waals surface area contributed by atoms with E-state index in [0.717, 1.165) is 50.2 Å². The molecule has 1 atom stereocenters. The number of fused-ring (bicyclic) bond motifs is 5. The summed E-state index contributed by atoms with van der Waals surface area (Å²) in [7, 11) is 0. The van der Waals surface area contributed by atoms with Crippen molar-refractivity contribution in [2.24, 2.45) is 0 Å². The Morgan fingerprint density at radius 3 is 2.03 bits per heavy atom. The van der Waals surface area contributed by atoms with Crippen LogP contribution in [0.25, 0.3) is 89.1 Å². The summed E-state index contributed by atoms with van der Waals surface area (Å²) >= 11 is 0. The number of pyridine rings is 1. The highest BCUT2D eigenvalue weighted by atomic mass is 15.0. The number of hydrogen-bond acceptors (Lipinski definition) is 2. The summed E-state index contributed by atoms with van der Waals surface area (Å²) in [6, 6.07) is 68.3. The van der Waals surface area contributed by atoms with E-state index < -0.39 is 0 Å². The number of hydrogen-bond donors (Lipinski definition) is 1. The monoisotopic (exact) mass is 879 g/mol. The highest BCUT2D eigenvalue weighted by Gasteiger charge is 2.19. The molecule has 0 saturated heterocycles. The Labute approximate surface area is 401 Å². The van der Waals surface area contributed by atoms with Gasteiger partial charge in [-0.05, 0) is 156 Å². The molecule has 68 heavy (non-hydrogen) atoms. The molecule has 10 aromatic rings. The fourth-order valence-electron chi connectivity index (χ4n) is 9.77. The molecule has 332 valence electrons. The number of para-hydroxylation sites is 3. The predicted octanol–water partition coefficient (Wildman–Crippen LogP) is 18.1. The van der Waals surface area contributed by atoms with E-state index in [9.17, 15) is 0 Å². The van der Waals surface area contributed by atoms with Crippen molar-refractivity contribution in [1.29, 1.82) is 0 Å². The molecule has 2 aromatic heterocycles. The van der Waals surface area contributed by atoms with Crippen molar-refractivity contribution >= 4 is 44.5 Å². The highest BCUT2D eigenvalue weighted by Crippen LogP contribution is 2.40. The van der Waals surface area contributed by atoms with E-state index in [1.807, 2.05) is 13.8 Å². The van der Waals surface area contributed by atoms with Crippen molar-refractivity contribution < 1.29 is 0 Å². The SMILES string of the molecule is CC.CC1=CCCC=C1.Cc1ccccc1-c1cc(-c2cc(-c3cccc(C4C=Cc5ccccc5N4)c3)c3cc(-c4ccc5c(c4)c4ccccc4n5-c4ccccc4)ccc3n2)ccc1C. The second kappa shape index (κ2) is 19.5. The van der Waals surface area contributed by atoms with Crippen LogP contribution in [0.15, 0.2) is 218 Å². The van der Waals surface area contributed by atoms with Gasteiger partial charge in [-0.1, -0.05) is 171 Å². The van der Waals surface area contributed by atoms with E-state index in [2.05, 4.69) is 249 Å². The summed E-state index contributed by atoms with van der Waals surface area (Å²) in [5.74, 6) is 0. The van der Waals surface area contributed by atoms with Crippen LogP contribution in [0.5, 0.6) is 0 Å². The van der Waals surface area contributed by atoms with Crippen molar-refractivity contribution in [2.45, 2.75) is 53.5 Å². The van der Waals surface area contributed by atoms with Gasteiger partial charge in [-0.25, -0.2) is 4.98 Å². The minimum Gasteiger partial charge on any atom is -0.374 e. The lowest BCUT2D eigenvalue weighted by molar-refractivity contribution is 0.980. The van der Waals surface area contributed by atoms with Crippen LogP contribution in [-0.4, -0.2) is 9.55 Å². The molecule has 1 unspecified atom stereocenters. The molecule has 0 spiro atoms. The van der Waals surface area contributed by atoms with Crippen molar-refractivity contribution in [3.63, 3.8) is 0 Å². The van der Waals surface area contributed by atoms with Crippen LogP contribution < -0.4 is 5.32 Å². The van der Waals surface area contributed by atoms with Gasteiger partial charge >= 0.3 is 0 Å². The molecule has 1 aliphatic heterocycles. The van der Waals surface area contributed by atoms with Crippen LogP contribution in [0.3, 0.4) is 0 Å². The Morgan fingerprint density at radius 2 is 1.22 bits per heavy atom. The molecule has 0 bridgehead atoms. The summed E-state index contributed by atoms with van der Waals surface area (Å²) in [5, 5.41) is 7.37. The minimum absolute atomic E-state index is 0.0616. The van der Waals surface area contributed by atoms with E-state index in [1.165, 1.54) is 79.2 Å². The van der Waals surface area contributed by atoms with Gasteiger partial charge < -0.3 is 9.88 Å². The number of nitrogens with zero attached hydrogens (tertiary/aromatic N) is 2. The Hall–Kier alpha value is -8.01. The quantitative estimate of drug-likeness (QED) is 0.180. The first-order valence-corrected chi connectivity index (χ1v) is 24.1. The molecule has 3 heteroatoms. The average Bonchev–Trinajstić information content (AvgIpc) is 3.73. The van der Waals surface area contributed by atoms with Crippen LogP contribution >= 0.6 is 0 Å². The molecule has 1 aliphatic carbocycles. The fraction of sp³-hybridized carbons (Fsp3) is 0.123. The first-order valence-electron chi connectivity index (χ1n) is 24.1. The van der Waals surface area contributed by atoms with Gasteiger partial charge in [-0.2, -0.15) is 0 Å². The lowest BCUT2D eigenvalue weighted by Crippen LogP contribution is -2.12. The van der Waals surface area contributed by atoms with E-state index >= 15 is 0 Å². The van der Waals surface area contributed by atoms with Gasteiger partial charge in [0.05, 0.1) is 28.3 Å². The lowest BCUT2D eigenvalue weighted by atomic mass is 9.91. The molecule has 2 aliphatic rings. The maximum Gasteiger partial charge on any atom is 0.0716 e. The third kappa shape index (κ3) is 8.72. The zero-order chi connectivity index (χ0) is 46.6. The van der Waals surface area contributed by atoms with Gasteiger partial charge in [0.15, 0.2) is 0 Å². The van der Waals surface area contributed by atoms with Gasteiger partial charge in [-0.3, -0.25) is 0 Å². The summed E-state index contributed by atoms with van der Waals surface area (Å²) in [6.07, 6.45) is 13.6. The zero-order valence-electron chi connectivity index (χ0n) is 39.7. The molecule has 0 fully saturated rings. The van der Waals surface area contributed by atoms with Crippen LogP contribution in [0, 0.1) is 13.8 Å². The number of rotatable bonds is 6. The molecule has 1 N–H and O–H groups in total. The molecule has 12 rings (SSSR count). The molecule has 3 heterocycles. The summed E-state index contributed by atoms with van der Waals surface area (Å²) in [5.41, 5.74) is 21.2. The molecular weight excluding hydrogens is 823 g/mol. The fourth-order valence-corrected chi connectivity index (χ4v) is 9.77. The predicted molar refractivity (Wildman–Crippen MR) is 293 cm³/mol. The van der Waals surface area contributed by atoms with Gasteiger partial charge in [0.25, 0.3) is 0 Å². The topological polar surface area (TPSA) is 29.9 Å². The van der Waals surface area contributed by atoms with E-state index in [1.54, 1.807) is 0 Å². The molecular formula is C65H57N3. The van der Waals surface area contributed by atoms with E-state index in [4.69, 9.17) is 4.98 Å². The maximum absolute atomic E-state index is 5.39. The van der Waals surface area contributed by atoms with Crippen LogP contribution in [0.1, 0.15) is 61.9 Å². The van der Waals surface area contributed by atoms with Crippen molar-refractivity contribution in [2.75, 3.05) is 5.32 Å². The Bertz CT molecular complexity index is 3550. The number of anilines is 1. The third-order valence-electron chi connectivity index (χ3n) is 13.3. The molecule has 8 aromatic carbocycles. The number of benzene rings is 8. The number of aryl methyl sites for hydroxylation is 2. The highest BCUT2D eigenvalue weighted by molar-refractivity contribution is 6.11. The van der Waals surface area contributed by atoms with Crippen molar-refractivity contribution in [3.05, 3.63) is 240 Å². The average molecular weight is 880 g/mol. The molecule has 0 radical (unpaired) electrons. The van der Waals surface area contributed by atoms with Gasteiger partial charge in [0, 0.05) is 33.1 Å². The van der Waals surface area contributed by atoms with Crippen molar-refractivity contribution in [3.8, 4) is 50.3 Å². The van der Waals surface area contributed by atoms with Gasteiger partial charge in [-0.15, -0.1) is 0 Å². The molecule has 3 nitrogen and oxygen atoms in total. The van der Waals surface area contributed by atoms with Gasteiger partial charge in [0.2, 0.25) is 0 Å². The zero-order valence-corrected chi connectivity index (χ0v) is 39.7. The van der Waals surface area contributed by atoms with E-state index in [-0.39, 0.29) is 6.04 Å². The Balaban J connectivity index is 0.000000546. The normalized spacial score (nSPS) is 13.8. The minimum atomic E-state index is 0.0616. The lowest BCUT2D eigenvalue weighted by Gasteiger charge is -2.23. The second-order valence-electron chi connectivity index (χ2n) is 17.7. The van der Waals surface area contributed by atoms with Crippen LogP contribution in [0.4, 0.5) is 5.69 Å². The maximum atomic E-state index is 5.39. The summed E-state index contributed by atoms with van der Waals surface area (Å²) < 4.78 is 2.37. The first-order chi connectivity index (χ1) is 33.4. The number of allylic oxidation sites excluding steroid dienone is 4. The number of aromatic nitrogens is 2. The molecule has 0 saturated carbocycles. The third-order valence-corrected chi connectivity index (χ3v) is 13.3. The Morgan fingerprint density at radius 1 is 0.500 bits per heavy atom. The van der Waals surface area contributed by atoms with Crippen molar-refractivity contribution in [1.82, 2.24) is 9.55 Å². The Kier molecular flexibility index (Phi) is 12.5. The first kappa shape index (κ1) is 43.9. The molecule has 0 amide bonds. The smallest absolute Gasteiger partial charge is 0.0716 e. The summed E-state index contributed by atoms with van der Waals surface area (Å²) in [4.78, 5) is 5.39. The second-order valence-corrected chi connectivity index (χ2v) is 17.7. The summed E-state index contributed by atoms with van der Waals surface area (Å²) in [6.45, 7) is 10.5. The van der Waals surface area contributed by atoms with E-state index in [0.29, 0.717) is 0 Å². The largest absolute Gasteiger partial charge is 0.374 e. The van der Waals surface area contributed by atoms with Crippen LogP contribution in [-0.2, 0) is 0 Å². The number of nitrogens with one attached hydrogen (secondary N) is 1.